The van der Waals surface area contributed by atoms with Crippen LogP contribution in [0.5, 0.6) is 0 Å². The minimum absolute atomic E-state index is 0.791. The van der Waals surface area contributed by atoms with Gasteiger partial charge in [-0.2, -0.15) is 0 Å². The Morgan fingerprint density at radius 1 is 1.45 bits per heavy atom. The number of benzene rings is 1. The Hall–Kier alpha value is -0.270. The van der Waals surface area contributed by atoms with Crippen molar-refractivity contribution in [2.75, 3.05) is 0 Å². The molecule has 0 aliphatic heterocycles. The van der Waals surface area contributed by atoms with E-state index < -0.39 is 0 Å². The van der Waals surface area contributed by atoms with Gasteiger partial charge in [0.2, 0.25) is 0 Å². The molecule has 0 aliphatic carbocycles. The molecule has 0 heterocycles. The van der Waals surface area contributed by atoms with Gasteiger partial charge in [0.05, 0.1) is 0 Å². The Balaban J connectivity index is 2.86. The molecular formula is C9H8BrCl. The molecule has 0 saturated carbocycles. The zero-order chi connectivity index (χ0) is 8.27. The van der Waals surface area contributed by atoms with Gasteiger partial charge in [0.1, 0.15) is 0 Å². The molecule has 0 bridgehead atoms. The fraction of sp³-hybridized carbons (Fsp3) is 0.111. The molecular weight excluding hydrogens is 223 g/mol. The van der Waals surface area contributed by atoms with E-state index in [1.165, 1.54) is 0 Å². The number of halogens is 2. The summed E-state index contributed by atoms with van der Waals surface area (Å²) in [7, 11) is 0. The predicted octanol–water partition coefficient (Wildman–Crippen LogP) is 3.79. The second kappa shape index (κ2) is 3.93. The van der Waals surface area contributed by atoms with Crippen LogP contribution in [0.15, 0.2) is 35.3 Å². The van der Waals surface area contributed by atoms with Crippen molar-refractivity contribution in [3.05, 3.63) is 45.9 Å². The molecule has 0 amide bonds. The predicted molar refractivity (Wildman–Crippen MR) is 53.2 cm³/mol. The van der Waals surface area contributed by atoms with Crippen molar-refractivity contribution in [3.63, 3.8) is 0 Å². The second-order valence-corrected chi connectivity index (χ2v) is 3.81. The molecule has 2 heteroatoms. The van der Waals surface area contributed by atoms with E-state index in [1.54, 1.807) is 0 Å². The highest BCUT2D eigenvalue weighted by atomic mass is 79.9. The first-order valence-electron chi connectivity index (χ1n) is 3.27. The summed E-state index contributed by atoms with van der Waals surface area (Å²) in [5, 5.41) is 0.799. The number of allylic oxidation sites excluding steroid dienone is 1. The van der Waals surface area contributed by atoms with Crippen LogP contribution in [0.3, 0.4) is 0 Å². The lowest BCUT2D eigenvalue weighted by Crippen LogP contribution is -1.83. The van der Waals surface area contributed by atoms with E-state index in [2.05, 4.69) is 22.5 Å². The molecule has 0 aliphatic rings. The van der Waals surface area contributed by atoms with E-state index in [0.29, 0.717) is 0 Å². The molecule has 0 atom stereocenters. The van der Waals surface area contributed by atoms with Gasteiger partial charge >= 0.3 is 0 Å². The summed E-state index contributed by atoms with van der Waals surface area (Å²) in [5.74, 6) is 0. The van der Waals surface area contributed by atoms with Crippen LogP contribution in [0.1, 0.15) is 5.56 Å². The van der Waals surface area contributed by atoms with Crippen molar-refractivity contribution in [1.29, 1.82) is 0 Å². The third-order valence-corrected chi connectivity index (χ3v) is 1.99. The number of hydrogen-bond acceptors (Lipinski definition) is 0. The largest absolute Gasteiger partial charge is 0.0885 e. The molecule has 1 aromatic carbocycles. The summed E-state index contributed by atoms with van der Waals surface area (Å²) >= 11 is 9.20. The van der Waals surface area contributed by atoms with Crippen molar-refractivity contribution in [3.8, 4) is 0 Å². The van der Waals surface area contributed by atoms with Crippen LogP contribution in [-0.2, 0) is 6.42 Å². The third kappa shape index (κ3) is 2.68. The van der Waals surface area contributed by atoms with E-state index >= 15 is 0 Å². The van der Waals surface area contributed by atoms with E-state index in [4.69, 9.17) is 11.6 Å². The van der Waals surface area contributed by atoms with Gasteiger partial charge in [0.15, 0.2) is 0 Å². The first-order valence-corrected chi connectivity index (χ1v) is 4.44. The topological polar surface area (TPSA) is 0 Å². The highest BCUT2D eigenvalue weighted by Crippen LogP contribution is 2.19. The van der Waals surface area contributed by atoms with E-state index in [0.717, 1.165) is 21.5 Å². The van der Waals surface area contributed by atoms with Crippen LogP contribution in [0.25, 0.3) is 0 Å². The molecule has 11 heavy (non-hydrogen) atoms. The quantitative estimate of drug-likeness (QED) is 0.726. The van der Waals surface area contributed by atoms with Crippen molar-refractivity contribution in [2.45, 2.75) is 6.42 Å². The van der Waals surface area contributed by atoms with Crippen molar-refractivity contribution >= 4 is 27.5 Å². The maximum atomic E-state index is 5.91. The highest BCUT2D eigenvalue weighted by molar-refractivity contribution is 9.11. The van der Waals surface area contributed by atoms with Gasteiger partial charge in [-0.1, -0.05) is 52.3 Å². The molecule has 1 aromatic rings. The Morgan fingerprint density at radius 3 is 2.64 bits per heavy atom. The summed E-state index contributed by atoms with van der Waals surface area (Å²) in [6.45, 7) is 3.75. The van der Waals surface area contributed by atoms with Crippen LogP contribution < -0.4 is 0 Å². The monoisotopic (exact) mass is 230 g/mol. The van der Waals surface area contributed by atoms with Gasteiger partial charge in [-0.15, -0.1) is 0 Å². The zero-order valence-corrected chi connectivity index (χ0v) is 8.32. The van der Waals surface area contributed by atoms with Gasteiger partial charge in [-0.05, 0) is 16.1 Å². The first kappa shape index (κ1) is 8.82. The summed E-state index contributed by atoms with van der Waals surface area (Å²) in [6.07, 6.45) is 0.791. The normalized spacial score (nSPS) is 9.64. The Morgan fingerprint density at radius 2 is 2.09 bits per heavy atom. The SMILES string of the molecule is C=C(Br)Cc1ccccc1Cl. The van der Waals surface area contributed by atoms with Gasteiger partial charge in [0, 0.05) is 11.4 Å². The Labute approximate surface area is 80.0 Å². The third-order valence-electron chi connectivity index (χ3n) is 1.34. The van der Waals surface area contributed by atoms with Crippen molar-refractivity contribution < 1.29 is 0 Å². The average molecular weight is 232 g/mol. The van der Waals surface area contributed by atoms with Gasteiger partial charge < -0.3 is 0 Å². The second-order valence-electron chi connectivity index (χ2n) is 2.29. The van der Waals surface area contributed by atoms with Crippen LogP contribution >= 0.6 is 27.5 Å². The molecule has 0 saturated heterocycles. The van der Waals surface area contributed by atoms with E-state index in [1.807, 2.05) is 24.3 Å². The molecule has 58 valence electrons. The lowest BCUT2D eigenvalue weighted by Gasteiger charge is -2.00. The summed E-state index contributed by atoms with van der Waals surface area (Å²) in [4.78, 5) is 0. The molecule has 1 rings (SSSR count). The minimum atomic E-state index is 0.791. The Bertz CT molecular complexity index is 268. The van der Waals surface area contributed by atoms with E-state index in [9.17, 15) is 0 Å². The summed E-state index contributed by atoms with van der Waals surface area (Å²) in [6, 6.07) is 7.77. The first-order chi connectivity index (χ1) is 5.20. The average Bonchev–Trinajstić information content (AvgIpc) is 1.93. The molecule has 0 nitrogen and oxygen atoms in total. The summed E-state index contributed by atoms with van der Waals surface area (Å²) in [5.41, 5.74) is 1.11. The fourth-order valence-corrected chi connectivity index (χ4v) is 1.35. The standard InChI is InChI=1S/C9H8BrCl/c1-7(10)6-8-4-2-3-5-9(8)11/h2-5H,1,6H2. The van der Waals surface area contributed by atoms with Crippen LogP contribution in [0.2, 0.25) is 5.02 Å². The smallest absolute Gasteiger partial charge is 0.0441 e. The molecule has 0 fully saturated rings. The number of rotatable bonds is 2. The maximum absolute atomic E-state index is 5.91. The van der Waals surface area contributed by atoms with Crippen molar-refractivity contribution in [1.82, 2.24) is 0 Å². The highest BCUT2D eigenvalue weighted by Gasteiger charge is 1.97. The van der Waals surface area contributed by atoms with Crippen molar-refractivity contribution in [2.24, 2.45) is 0 Å². The maximum Gasteiger partial charge on any atom is 0.0441 e. The molecule has 0 N–H and O–H groups in total. The lowest BCUT2D eigenvalue weighted by atomic mass is 10.1. The number of hydrogen-bond donors (Lipinski definition) is 0. The molecule has 0 radical (unpaired) electrons. The molecule has 0 unspecified atom stereocenters. The fourth-order valence-electron chi connectivity index (χ4n) is 0.848. The zero-order valence-electron chi connectivity index (χ0n) is 5.98. The van der Waals surface area contributed by atoms with E-state index in [-0.39, 0.29) is 0 Å². The lowest BCUT2D eigenvalue weighted by molar-refractivity contribution is 1.26. The van der Waals surface area contributed by atoms with Gasteiger partial charge in [0.25, 0.3) is 0 Å². The van der Waals surface area contributed by atoms with Crippen LogP contribution in [0, 0.1) is 0 Å². The Kier molecular flexibility index (Phi) is 3.16. The van der Waals surface area contributed by atoms with Gasteiger partial charge in [-0.25, -0.2) is 0 Å². The van der Waals surface area contributed by atoms with Crippen LogP contribution in [-0.4, -0.2) is 0 Å². The minimum Gasteiger partial charge on any atom is -0.0885 e. The van der Waals surface area contributed by atoms with Gasteiger partial charge in [-0.3, -0.25) is 0 Å². The molecule has 0 aromatic heterocycles. The van der Waals surface area contributed by atoms with Crippen LogP contribution in [0.4, 0.5) is 0 Å². The summed E-state index contributed by atoms with van der Waals surface area (Å²) < 4.78 is 0.950. The molecule has 0 spiro atoms.